The smallest absolute Gasteiger partial charge is 0.331 e. The number of esters is 1. The van der Waals surface area contributed by atoms with Crippen molar-refractivity contribution in [1.29, 1.82) is 0 Å². The molecule has 0 bridgehead atoms. The molecule has 0 aromatic rings. The average Bonchev–Trinajstić information content (AvgIpc) is 3.79. The fraction of sp³-hybridized carbons (Fsp3) is 0.905. The third-order valence-electron chi connectivity index (χ3n) is 16.3. The fourth-order valence-corrected chi connectivity index (χ4v) is 12.9. The lowest BCUT2D eigenvalue weighted by Gasteiger charge is -2.65. The van der Waals surface area contributed by atoms with Crippen LogP contribution in [0.25, 0.3) is 0 Å². The highest BCUT2D eigenvalue weighted by molar-refractivity contribution is 5.85. The van der Waals surface area contributed by atoms with Gasteiger partial charge in [-0.1, -0.05) is 6.92 Å². The number of rotatable bonds is 11. The van der Waals surface area contributed by atoms with Gasteiger partial charge in [-0.2, -0.15) is 0 Å². The Morgan fingerprint density at radius 3 is 2.18 bits per heavy atom. The van der Waals surface area contributed by atoms with Gasteiger partial charge in [-0.05, 0) is 81.6 Å². The van der Waals surface area contributed by atoms with Gasteiger partial charge in [0, 0.05) is 31.4 Å². The molecule has 61 heavy (non-hydrogen) atoms. The van der Waals surface area contributed by atoms with Crippen molar-refractivity contribution < 1.29 is 93.4 Å². The van der Waals surface area contributed by atoms with Crippen LogP contribution in [0, 0.1) is 28.6 Å². The second-order valence-electron chi connectivity index (χ2n) is 19.2. The van der Waals surface area contributed by atoms with Crippen molar-refractivity contribution >= 4 is 12.3 Å². The third-order valence-corrected chi connectivity index (χ3v) is 16.3. The Morgan fingerprint density at radius 1 is 0.820 bits per heavy atom. The predicted octanol–water partition coefficient (Wildman–Crippen LogP) is -1.92. The zero-order valence-corrected chi connectivity index (χ0v) is 34.8. The van der Waals surface area contributed by atoms with Crippen LogP contribution in [0.5, 0.6) is 0 Å². The molecule has 9 N–H and O–H groups in total. The minimum Gasteiger partial charge on any atom is -0.458 e. The number of carbonyl (C=O) groups is 2. The lowest BCUT2D eigenvalue weighted by molar-refractivity contribution is -0.355. The van der Waals surface area contributed by atoms with Crippen molar-refractivity contribution in [3.05, 3.63) is 11.6 Å². The fourth-order valence-electron chi connectivity index (χ4n) is 12.9. The lowest BCUT2D eigenvalue weighted by Crippen LogP contribution is -2.69. The summed E-state index contributed by atoms with van der Waals surface area (Å²) in [5, 5.41) is 97.4. The Morgan fingerprint density at radius 2 is 1.51 bits per heavy atom. The maximum Gasteiger partial charge on any atom is 0.331 e. The molecular formula is C42H64O19. The normalized spacial score (nSPS) is 53.6. The lowest BCUT2D eigenvalue weighted by atomic mass is 9.41. The molecule has 0 unspecified atom stereocenters. The van der Waals surface area contributed by atoms with Crippen molar-refractivity contribution in [3.8, 4) is 0 Å². The van der Waals surface area contributed by atoms with E-state index >= 15 is 0 Å². The van der Waals surface area contributed by atoms with Gasteiger partial charge in [-0.25, -0.2) is 4.79 Å². The molecule has 22 atom stereocenters. The van der Waals surface area contributed by atoms with E-state index in [0.29, 0.717) is 44.9 Å². The molecule has 0 aromatic heterocycles. The molecule has 4 aliphatic heterocycles. The van der Waals surface area contributed by atoms with E-state index < -0.39 is 127 Å². The first-order valence-electron chi connectivity index (χ1n) is 21.8. The van der Waals surface area contributed by atoms with Crippen LogP contribution >= 0.6 is 0 Å². The van der Waals surface area contributed by atoms with E-state index in [1.807, 2.05) is 0 Å². The van der Waals surface area contributed by atoms with Gasteiger partial charge in [0.25, 0.3) is 0 Å². The minimum atomic E-state index is -1.75. The molecule has 0 aromatic carbocycles. The van der Waals surface area contributed by atoms with Crippen LogP contribution in [-0.4, -0.2) is 188 Å². The number of aliphatic hydroxyl groups is 9. The standard InChI is InChI=1S/C42H64O19/c1-19-36(61-38-35(51)33(49)31(47)27(60-38)17-56-37-34(50)32(48)30(46)26(15-43)59-37)25(54-3)13-29(57-19)58-21-4-9-40(18-44)23-5-8-39(2)22(20-12-28(45)55-16-20)7-11-42(39,53)24(23)6-10-41(40,52)14-21/h12,18-19,21-27,29-38,43,46-53H,4-11,13-17H2,1-3H3/t19-,21+,22+,23-,24+,25+,26-,27+,29-,30-,31+,32-,33-,34+,35+,36+,37-,38-,39+,40-,41-,42+/m1/s1. The van der Waals surface area contributed by atoms with E-state index in [1.165, 1.54) is 7.11 Å². The number of cyclic esters (lactones) is 1. The Bertz CT molecular complexity index is 1630. The largest absolute Gasteiger partial charge is 0.458 e. The molecule has 3 saturated heterocycles. The zero-order valence-electron chi connectivity index (χ0n) is 34.8. The summed E-state index contributed by atoms with van der Waals surface area (Å²) in [5.41, 5.74) is -3.06. The molecule has 7 fully saturated rings. The number of carbonyl (C=O) groups excluding carboxylic acids is 2. The number of ether oxygens (including phenoxy) is 8. The maximum absolute atomic E-state index is 13.3. The Balaban J connectivity index is 0.886. The maximum atomic E-state index is 13.3. The van der Waals surface area contributed by atoms with Crippen molar-refractivity contribution in [1.82, 2.24) is 0 Å². The van der Waals surface area contributed by atoms with E-state index in [2.05, 4.69) is 6.92 Å². The van der Waals surface area contributed by atoms with Gasteiger partial charge in [0.1, 0.15) is 67.8 Å². The van der Waals surface area contributed by atoms with E-state index in [-0.39, 0.29) is 43.2 Å². The molecule has 4 aliphatic carbocycles. The molecular weight excluding hydrogens is 808 g/mol. The summed E-state index contributed by atoms with van der Waals surface area (Å²) in [6, 6.07) is 0. The number of hydrogen-bond donors (Lipinski definition) is 9. The van der Waals surface area contributed by atoms with Crippen LogP contribution in [0.2, 0.25) is 0 Å². The quantitative estimate of drug-likeness (QED) is 0.0622. The molecule has 346 valence electrons. The van der Waals surface area contributed by atoms with Crippen LogP contribution in [0.1, 0.15) is 78.1 Å². The number of aldehydes is 1. The summed E-state index contributed by atoms with van der Waals surface area (Å²) >= 11 is 0. The first kappa shape index (κ1) is 45.8. The first-order chi connectivity index (χ1) is 28.9. The molecule has 8 rings (SSSR count). The SMILES string of the molecule is CO[C@H]1C[C@@H](O[C@H]2CC[C@@]3(C=O)[C@@H]4CC[C@@]5(C)[C@H](C6=CC(=O)OC6)CC[C@]5(O)[C@H]4CC[C@@]3(O)C2)O[C@H](C)[C@@H]1O[C@H]1O[C@@H](CO[C@@H]2O[C@H](CO)[C@@H](O)[C@@H](O)[C@@H]2O)[C@H](O)[C@@H](O)[C@@H]1O. The molecule has 0 spiro atoms. The highest BCUT2D eigenvalue weighted by Crippen LogP contribution is 2.70. The summed E-state index contributed by atoms with van der Waals surface area (Å²) in [5.74, 6) is -0.767. The number of hydrogen-bond acceptors (Lipinski definition) is 19. The summed E-state index contributed by atoms with van der Waals surface area (Å²) in [7, 11) is 1.47. The van der Waals surface area contributed by atoms with Crippen molar-refractivity contribution in [2.45, 2.75) is 181 Å². The second kappa shape index (κ2) is 17.2. The van der Waals surface area contributed by atoms with Crippen molar-refractivity contribution in [3.63, 3.8) is 0 Å². The molecule has 4 heterocycles. The molecule has 0 amide bonds. The van der Waals surface area contributed by atoms with E-state index in [9.17, 15) is 55.5 Å². The van der Waals surface area contributed by atoms with Gasteiger partial charge in [-0.15, -0.1) is 0 Å². The van der Waals surface area contributed by atoms with E-state index in [0.717, 1.165) is 18.3 Å². The van der Waals surface area contributed by atoms with Crippen LogP contribution in [0.3, 0.4) is 0 Å². The molecule has 19 nitrogen and oxygen atoms in total. The second-order valence-corrected chi connectivity index (χ2v) is 19.2. The van der Waals surface area contributed by atoms with E-state index in [1.54, 1.807) is 13.0 Å². The Kier molecular flexibility index (Phi) is 12.9. The molecule has 0 radical (unpaired) electrons. The van der Waals surface area contributed by atoms with Crippen LogP contribution in [0.15, 0.2) is 11.6 Å². The van der Waals surface area contributed by atoms with Crippen molar-refractivity contribution in [2.75, 3.05) is 26.9 Å². The highest BCUT2D eigenvalue weighted by atomic mass is 16.8. The van der Waals surface area contributed by atoms with Crippen molar-refractivity contribution in [2.24, 2.45) is 28.6 Å². The first-order valence-corrected chi connectivity index (χ1v) is 21.8. The summed E-state index contributed by atoms with van der Waals surface area (Å²) in [6.45, 7) is 2.86. The van der Waals surface area contributed by atoms with Crippen LogP contribution < -0.4 is 0 Å². The van der Waals surface area contributed by atoms with E-state index in [4.69, 9.17) is 37.9 Å². The Hall–Kier alpha value is -1.76. The highest BCUT2D eigenvalue weighted by Gasteiger charge is 2.71. The topological polar surface area (TPSA) is 290 Å². The monoisotopic (exact) mass is 872 g/mol. The van der Waals surface area contributed by atoms with Gasteiger partial charge < -0.3 is 88.6 Å². The summed E-state index contributed by atoms with van der Waals surface area (Å²) in [6.07, 6.45) is -12.2. The van der Waals surface area contributed by atoms with Gasteiger partial charge in [0.2, 0.25) is 0 Å². The summed E-state index contributed by atoms with van der Waals surface area (Å²) in [4.78, 5) is 25.3. The minimum absolute atomic E-state index is 0.00485. The number of fused-ring (bicyclic) bond motifs is 5. The van der Waals surface area contributed by atoms with Gasteiger partial charge >= 0.3 is 5.97 Å². The van der Waals surface area contributed by atoms with Crippen LogP contribution in [0.4, 0.5) is 0 Å². The molecule has 4 saturated carbocycles. The van der Waals surface area contributed by atoms with Crippen LogP contribution in [-0.2, 0) is 47.5 Å². The molecule has 19 heteroatoms. The zero-order chi connectivity index (χ0) is 43.8. The number of methoxy groups -OCH3 is 1. The average molecular weight is 873 g/mol. The van der Waals surface area contributed by atoms with Gasteiger partial charge in [-0.3, -0.25) is 0 Å². The number of aliphatic hydroxyl groups excluding tert-OH is 7. The van der Waals surface area contributed by atoms with Gasteiger partial charge in [0.05, 0.1) is 48.1 Å². The van der Waals surface area contributed by atoms with Gasteiger partial charge in [0.15, 0.2) is 18.9 Å². The summed E-state index contributed by atoms with van der Waals surface area (Å²) < 4.78 is 46.7. The molecule has 8 aliphatic rings. The Labute approximate surface area is 353 Å². The predicted molar refractivity (Wildman–Crippen MR) is 203 cm³/mol. The third kappa shape index (κ3) is 7.55.